The zero-order valence-corrected chi connectivity index (χ0v) is 16.4. The molecule has 4 rings (SSSR count). The van der Waals surface area contributed by atoms with Crippen molar-refractivity contribution in [3.05, 3.63) is 58.1 Å². The van der Waals surface area contributed by atoms with E-state index in [1.54, 1.807) is 18.2 Å². The molecule has 2 heterocycles. The van der Waals surface area contributed by atoms with Crippen LogP contribution < -0.4 is 11.0 Å². The van der Waals surface area contributed by atoms with E-state index in [-0.39, 0.29) is 5.03 Å². The molecule has 0 spiro atoms. The van der Waals surface area contributed by atoms with Crippen molar-refractivity contribution in [3.8, 4) is 0 Å². The van der Waals surface area contributed by atoms with Crippen LogP contribution in [0.4, 0.5) is 18.9 Å². The molecule has 10 heteroatoms. The van der Waals surface area contributed by atoms with Gasteiger partial charge in [0.2, 0.25) is 5.91 Å². The largest absolute Gasteiger partial charge is 0.433 e. The Balaban J connectivity index is 1.54. The number of H-pyrrole nitrogens is 2. The molecule has 1 aliphatic carbocycles. The molecule has 0 bridgehead atoms. The lowest BCUT2D eigenvalue weighted by atomic mass is 10.2. The van der Waals surface area contributed by atoms with Crippen molar-refractivity contribution in [1.29, 1.82) is 0 Å². The van der Waals surface area contributed by atoms with E-state index in [4.69, 9.17) is 0 Å². The summed E-state index contributed by atoms with van der Waals surface area (Å²) >= 11 is 1.27. The highest BCUT2D eigenvalue weighted by atomic mass is 32.2. The molecule has 1 amide bonds. The van der Waals surface area contributed by atoms with Gasteiger partial charge < -0.3 is 15.3 Å². The predicted octanol–water partition coefficient (Wildman–Crippen LogP) is 4.42. The lowest BCUT2D eigenvalue weighted by Gasteiger charge is -2.10. The summed E-state index contributed by atoms with van der Waals surface area (Å²) in [6.45, 7) is 0. The first-order chi connectivity index (χ1) is 14.3. The maximum Gasteiger partial charge on any atom is 0.433 e. The molecule has 0 aliphatic heterocycles. The molecular weight excluding hydrogens is 417 g/mol. The van der Waals surface area contributed by atoms with Crippen molar-refractivity contribution < 1.29 is 18.0 Å². The molecule has 1 aliphatic rings. The molecule has 2 aromatic heterocycles. The number of carbonyl (C=O) groups is 1. The average molecular weight is 434 g/mol. The third-order valence-corrected chi connectivity index (χ3v) is 5.79. The van der Waals surface area contributed by atoms with Gasteiger partial charge in [-0.25, -0.2) is 9.78 Å². The fourth-order valence-electron chi connectivity index (χ4n) is 2.84. The Morgan fingerprint density at radius 2 is 2.03 bits per heavy atom. The number of imidazole rings is 1. The zero-order valence-electron chi connectivity index (χ0n) is 15.5. The standard InChI is InChI=1S/C20H17F3N4O2S/c21-20(22,23)15-8-6-12(18(26-15)30-10-11-4-5-11)7-9-16(28)24-13-2-1-3-14-17(13)27-19(29)25-14/h1-3,6-9,11H,4-5,10H2,(H,24,28)(H2,25,27,29)/b9-7+. The zero-order chi connectivity index (χ0) is 21.3. The fourth-order valence-corrected chi connectivity index (χ4v) is 4.03. The molecule has 1 saturated carbocycles. The van der Waals surface area contributed by atoms with Gasteiger partial charge in [0, 0.05) is 17.4 Å². The number of aromatic nitrogens is 3. The maximum absolute atomic E-state index is 13.0. The molecule has 3 N–H and O–H groups in total. The summed E-state index contributed by atoms with van der Waals surface area (Å²) in [5.41, 5.74) is 0.515. The van der Waals surface area contributed by atoms with Crippen molar-refractivity contribution in [2.75, 3.05) is 11.1 Å². The quantitative estimate of drug-likeness (QED) is 0.396. The Bertz CT molecular complexity index is 1180. The first-order valence-electron chi connectivity index (χ1n) is 9.21. The number of pyridine rings is 1. The number of hydrogen-bond acceptors (Lipinski definition) is 4. The summed E-state index contributed by atoms with van der Waals surface area (Å²) in [6, 6.07) is 7.23. The smallest absolute Gasteiger partial charge is 0.321 e. The highest BCUT2D eigenvalue weighted by molar-refractivity contribution is 7.99. The van der Waals surface area contributed by atoms with Crippen molar-refractivity contribution in [3.63, 3.8) is 0 Å². The molecule has 30 heavy (non-hydrogen) atoms. The molecular formula is C20H17F3N4O2S. The number of rotatable bonds is 6. The van der Waals surface area contributed by atoms with Crippen molar-refractivity contribution in [1.82, 2.24) is 15.0 Å². The topological polar surface area (TPSA) is 90.6 Å². The van der Waals surface area contributed by atoms with Gasteiger partial charge in [0.1, 0.15) is 10.7 Å². The van der Waals surface area contributed by atoms with E-state index in [1.807, 2.05) is 0 Å². The van der Waals surface area contributed by atoms with Gasteiger partial charge in [-0.1, -0.05) is 12.1 Å². The third-order valence-electron chi connectivity index (χ3n) is 4.56. The molecule has 0 atom stereocenters. The Labute approximate surface area is 173 Å². The number of nitrogens with one attached hydrogen (secondary N) is 3. The van der Waals surface area contributed by atoms with Gasteiger partial charge in [-0.05, 0) is 43.0 Å². The fraction of sp³-hybridized carbons (Fsp3) is 0.250. The second-order valence-electron chi connectivity index (χ2n) is 6.97. The second kappa shape index (κ2) is 8.02. The lowest BCUT2D eigenvalue weighted by molar-refractivity contribution is -0.141. The van der Waals surface area contributed by atoms with Crippen LogP contribution in [-0.2, 0) is 11.0 Å². The summed E-state index contributed by atoms with van der Waals surface area (Å²) in [7, 11) is 0. The van der Waals surface area contributed by atoms with Gasteiger partial charge in [0.05, 0.1) is 16.7 Å². The van der Waals surface area contributed by atoms with Crippen molar-refractivity contribution >= 4 is 40.5 Å². The van der Waals surface area contributed by atoms with Crippen molar-refractivity contribution in [2.45, 2.75) is 24.0 Å². The highest BCUT2D eigenvalue weighted by Gasteiger charge is 2.33. The number of alkyl halides is 3. The number of amides is 1. The van der Waals surface area contributed by atoms with E-state index in [1.165, 1.54) is 30.0 Å². The van der Waals surface area contributed by atoms with Gasteiger partial charge in [-0.15, -0.1) is 11.8 Å². The number of hydrogen-bond donors (Lipinski definition) is 3. The first kappa shape index (κ1) is 20.3. The summed E-state index contributed by atoms with van der Waals surface area (Å²) in [6.07, 6.45) is 0.298. The molecule has 3 aromatic rings. The van der Waals surface area contributed by atoms with E-state index in [0.717, 1.165) is 18.9 Å². The SMILES string of the molecule is O=C(/C=C/c1ccc(C(F)(F)F)nc1SCC1CC1)Nc1cccc2[nH]c(=O)[nH]c12. The van der Waals surface area contributed by atoms with Crippen LogP contribution in [0, 0.1) is 5.92 Å². The molecule has 1 fully saturated rings. The monoisotopic (exact) mass is 434 g/mol. The Hall–Kier alpha value is -3.01. The highest BCUT2D eigenvalue weighted by Crippen LogP contribution is 2.37. The van der Waals surface area contributed by atoms with Gasteiger partial charge in [-0.3, -0.25) is 4.79 Å². The normalized spacial score (nSPS) is 14.5. The number of nitrogens with zero attached hydrogens (tertiary/aromatic N) is 1. The Morgan fingerprint density at radius 1 is 1.23 bits per heavy atom. The molecule has 1 aromatic carbocycles. The van der Waals surface area contributed by atoms with Crippen LogP contribution in [-0.4, -0.2) is 26.6 Å². The number of para-hydroxylation sites is 1. The van der Waals surface area contributed by atoms with Crippen LogP contribution in [0.5, 0.6) is 0 Å². The molecule has 6 nitrogen and oxygen atoms in total. The first-order valence-corrected chi connectivity index (χ1v) is 10.2. The minimum atomic E-state index is -4.53. The molecule has 0 radical (unpaired) electrons. The van der Waals surface area contributed by atoms with Crippen molar-refractivity contribution in [2.24, 2.45) is 5.92 Å². The van der Waals surface area contributed by atoms with E-state index in [2.05, 4.69) is 20.3 Å². The predicted molar refractivity (Wildman–Crippen MR) is 109 cm³/mol. The molecule has 0 unspecified atom stereocenters. The summed E-state index contributed by atoms with van der Waals surface area (Å²) in [4.78, 5) is 32.8. The number of benzene rings is 1. The van der Waals surface area contributed by atoms with E-state index >= 15 is 0 Å². The number of carbonyl (C=O) groups excluding carboxylic acids is 1. The summed E-state index contributed by atoms with van der Waals surface area (Å²) < 4.78 is 39.0. The van der Waals surface area contributed by atoms with Gasteiger partial charge in [0.15, 0.2) is 0 Å². The van der Waals surface area contributed by atoms with Crippen LogP contribution in [0.1, 0.15) is 24.1 Å². The van der Waals surface area contributed by atoms with Gasteiger partial charge in [-0.2, -0.15) is 13.2 Å². The van der Waals surface area contributed by atoms with Crippen LogP contribution in [0.3, 0.4) is 0 Å². The number of anilines is 1. The third kappa shape index (κ3) is 4.76. The number of thioether (sulfide) groups is 1. The average Bonchev–Trinajstić information content (AvgIpc) is 3.43. The second-order valence-corrected chi connectivity index (χ2v) is 7.98. The van der Waals surface area contributed by atoms with Crippen LogP contribution in [0.2, 0.25) is 0 Å². The minimum Gasteiger partial charge on any atom is -0.321 e. The molecule has 0 saturated heterocycles. The maximum atomic E-state index is 13.0. The van der Waals surface area contributed by atoms with Gasteiger partial charge in [0.25, 0.3) is 0 Å². The van der Waals surface area contributed by atoms with E-state index in [9.17, 15) is 22.8 Å². The number of fused-ring (bicyclic) bond motifs is 1. The minimum absolute atomic E-state index is 0.248. The summed E-state index contributed by atoms with van der Waals surface area (Å²) in [5, 5.41) is 2.91. The van der Waals surface area contributed by atoms with Crippen LogP contribution in [0.15, 0.2) is 46.2 Å². The Kier molecular flexibility index (Phi) is 5.42. The van der Waals surface area contributed by atoms with Gasteiger partial charge >= 0.3 is 11.9 Å². The number of halogens is 3. The number of aromatic amines is 2. The van der Waals surface area contributed by atoms with Crippen LogP contribution in [0.25, 0.3) is 17.1 Å². The summed E-state index contributed by atoms with van der Waals surface area (Å²) in [5.74, 6) is 0.725. The lowest BCUT2D eigenvalue weighted by Crippen LogP contribution is -2.10. The Morgan fingerprint density at radius 3 is 2.77 bits per heavy atom. The van der Waals surface area contributed by atoms with E-state index in [0.29, 0.717) is 34.0 Å². The van der Waals surface area contributed by atoms with Crippen LogP contribution >= 0.6 is 11.8 Å². The molecule has 156 valence electrons. The van der Waals surface area contributed by atoms with E-state index < -0.39 is 23.5 Å².